The Morgan fingerprint density at radius 2 is 0.533 bits per heavy atom. The van der Waals surface area contributed by atoms with Crippen LogP contribution in [-0.4, -0.2) is 96.7 Å². The van der Waals surface area contributed by atoms with Crippen molar-refractivity contribution < 1.29 is 80.2 Å². The Bertz CT molecular complexity index is 1780. The lowest BCUT2D eigenvalue weighted by Crippen LogP contribution is -2.30. The Balaban J connectivity index is 5.26. The number of carbonyl (C=O) groups excluding carboxylic acids is 4. The fourth-order valence-electron chi connectivity index (χ4n) is 10.6. The van der Waals surface area contributed by atoms with Crippen LogP contribution < -0.4 is 0 Å². The van der Waals surface area contributed by atoms with E-state index < -0.39 is 97.5 Å². The third-order valence-corrected chi connectivity index (χ3v) is 18.6. The van der Waals surface area contributed by atoms with Crippen molar-refractivity contribution in [3.05, 3.63) is 0 Å². The van der Waals surface area contributed by atoms with E-state index in [1.165, 1.54) is 148 Å². The van der Waals surface area contributed by atoms with E-state index >= 15 is 0 Å². The van der Waals surface area contributed by atoms with E-state index in [9.17, 15) is 43.2 Å². The smallest absolute Gasteiger partial charge is 0.462 e. The molecule has 0 radical (unpaired) electrons. The number of phosphoric ester groups is 2. The van der Waals surface area contributed by atoms with Gasteiger partial charge in [0.25, 0.3) is 0 Å². The molecule has 0 aliphatic carbocycles. The summed E-state index contributed by atoms with van der Waals surface area (Å²) in [6.45, 7) is 14.1. The van der Waals surface area contributed by atoms with Gasteiger partial charge in [0.15, 0.2) is 12.2 Å². The third kappa shape index (κ3) is 63.5. The van der Waals surface area contributed by atoms with Crippen molar-refractivity contribution in [1.82, 2.24) is 0 Å². The highest BCUT2D eigenvalue weighted by Crippen LogP contribution is 2.45. The van der Waals surface area contributed by atoms with Crippen molar-refractivity contribution in [2.75, 3.05) is 39.6 Å². The van der Waals surface area contributed by atoms with E-state index in [0.29, 0.717) is 31.6 Å². The van der Waals surface area contributed by atoms with Gasteiger partial charge >= 0.3 is 39.5 Å². The number of phosphoric acid groups is 2. The van der Waals surface area contributed by atoms with Crippen LogP contribution in [0.5, 0.6) is 0 Å². The first-order valence-corrected chi connectivity index (χ1v) is 39.7. The zero-order chi connectivity index (χ0) is 66.8. The molecular formula is C71H138O17P2. The summed E-state index contributed by atoms with van der Waals surface area (Å²) in [6, 6.07) is 0. The number of hydrogen-bond donors (Lipinski definition) is 3. The van der Waals surface area contributed by atoms with Crippen molar-refractivity contribution in [3.63, 3.8) is 0 Å². The molecule has 3 N–H and O–H groups in total. The summed E-state index contributed by atoms with van der Waals surface area (Å²) in [7, 11) is -9.90. The molecule has 0 heterocycles. The monoisotopic (exact) mass is 1320 g/mol. The molecule has 0 fully saturated rings. The topological polar surface area (TPSA) is 237 Å². The molecule has 17 nitrogen and oxygen atoms in total. The second-order valence-corrected chi connectivity index (χ2v) is 30.2. The maximum absolute atomic E-state index is 13.0. The van der Waals surface area contributed by atoms with Crippen molar-refractivity contribution in [2.24, 2.45) is 23.7 Å². The van der Waals surface area contributed by atoms with Crippen LogP contribution in [0.1, 0.15) is 351 Å². The van der Waals surface area contributed by atoms with Crippen molar-refractivity contribution >= 4 is 39.5 Å². The number of aliphatic hydroxyl groups excluding tert-OH is 1. The SMILES string of the molecule is CCC(C)CCCCCCCCCCCCC(=O)O[C@H](COC(=O)CCCCCCCCCCCCC(C)C)COP(=O)(O)OC[C@@H](O)COP(=O)(O)OC[C@@H](COC(=O)CCCCCCCCC(C)C)OC(=O)CCCCCCCCCCCCCC(C)C. The highest BCUT2D eigenvalue weighted by atomic mass is 31.2. The molecule has 0 aromatic rings. The summed E-state index contributed by atoms with van der Waals surface area (Å²) < 4.78 is 68.3. The summed E-state index contributed by atoms with van der Waals surface area (Å²) in [5.41, 5.74) is 0. The van der Waals surface area contributed by atoms with E-state index in [1.54, 1.807) is 0 Å². The number of unbranched alkanes of at least 4 members (excludes halogenated alkanes) is 33. The summed E-state index contributed by atoms with van der Waals surface area (Å²) in [5.74, 6) is 0.877. The lowest BCUT2D eigenvalue weighted by Gasteiger charge is -2.21. The Morgan fingerprint density at radius 1 is 0.311 bits per heavy atom. The maximum Gasteiger partial charge on any atom is 0.472 e. The minimum atomic E-state index is -4.95. The lowest BCUT2D eigenvalue weighted by atomic mass is 9.99. The minimum absolute atomic E-state index is 0.105. The summed E-state index contributed by atoms with van der Waals surface area (Å²) in [5, 5.41) is 10.6. The summed E-state index contributed by atoms with van der Waals surface area (Å²) >= 11 is 0. The number of aliphatic hydroxyl groups is 1. The number of rotatable bonds is 68. The molecule has 0 saturated heterocycles. The quantitative estimate of drug-likeness (QED) is 0.0222. The lowest BCUT2D eigenvalue weighted by molar-refractivity contribution is -0.161. The molecule has 534 valence electrons. The van der Waals surface area contributed by atoms with Gasteiger partial charge in [0.1, 0.15) is 19.3 Å². The normalized spacial score (nSPS) is 14.6. The van der Waals surface area contributed by atoms with Crippen LogP contribution in [0, 0.1) is 23.7 Å². The zero-order valence-corrected chi connectivity index (χ0v) is 60.6. The molecule has 3 unspecified atom stereocenters. The maximum atomic E-state index is 13.0. The zero-order valence-electron chi connectivity index (χ0n) is 58.8. The molecule has 19 heteroatoms. The molecule has 0 aromatic carbocycles. The van der Waals surface area contributed by atoms with Gasteiger partial charge in [-0.2, -0.15) is 0 Å². The second-order valence-electron chi connectivity index (χ2n) is 27.3. The molecule has 0 spiro atoms. The average molecular weight is 1330 g/mol. The molecule has 0 aliphatic rings. The summed E-state index contributed by atoms with van der Waals surface area (Å²) in [4.78, 5) is 72.6. The molecule has 0 rings (SSSR count). The Morgan fingerprint density at radius 3 is 0.789 bits per heavy atom. The summed E-state index contributed by atoms with van der Waals surface area (Å²) in [6.07, 6.45) is 43.1. The van der Waals surface area contributed by atoms with Gasteiger partial charge in [-0.3, -0.25) is 37.3 Å². The average Bonchev–Trinajstić information content (AvgIpc) is 3.67. The van der Waals surface area contributed by atoms with E-state index in [2.05, 4.69) is 55.4 Å². The molecule has 0 saturated carbocycles. The van der Waals surface area contributed by atoms with Gasteiger partial charge in [0, 0.05) is 25.7 Å². The first-order chi connectivity index (χ1) is 43.1. The van der Waals surface area contributed by atoms with E-state index in [4.69, 9.17) is 37.0 Å². The molecule has 0 aliphatic heterocycles. The highest BCUT2D eigenvalue weighted by Gasteiger charge is 2.30. The number of ether oxygens (including phenoxy) is 4. The highest BCUT2D eigenvalue weighted by molar-refractivity contribution is 7.47. The molecule has 90 heavy (non-hydrogen) atoms. The molecule has 0 bridgehead atoms. The first kappa shape index (κ1) is 88.1. The molecule has 0 aromatic heterocycles. The second kappa shape index (κ2) is 60.7. The van der Waals surface area contributed by atoms with Crippen LogP contribution in [0.3, 0.4) is 0 Å². The van der Waals surface area contributed by atoms with Crippen molar-refractivity contribution in [2.45, 2.75) is 369 Å². The van der Waals surface area contributed by atoms with Crippen LogP contribution in [-0.2, 0) is 65.4 Å². The number of esters is 4. The number of hydrogen-bond acceptors (Lipinski definition) is 15. The van der Waals surface area contributed by atoms with Gasteiger partial charge in [-0.25, -0.2) is 9.13 Å². The Labute approximate surface area is 549 Å². The van der Waals surface area contributed by atoms with Gasteiger partial charge in [0.2, 0.25) is 0 Å². The Hall–Kier alpha value is -1.94. The van der Waals surface area contributed by atoms with Crippen LogP contribution in [0.2, 0.25) is 0 Å². The van der Waals surface area contributed by atoms with E-state index in [1.807, 2.05) is 0 Å². The first-order valence-electron chi connectivity index (χ1n) is 36.7. The van der Waals surface area contributed by atoms with Gasteiger partial charge < -0.3 is 33.8 Å². The molecule has 0 amide bonds. The minimum Gasteiger partial charge on any atom is -0.462 e. The van der Waals surface area contributed by atoms with Crippen LogP contribution in [0.15, 0.2) is 0 Å². The fraction of sp³-hybridized carbons (Fsp3) is 0.944. The van der Waals surface area contributed by atoms with Gasteiger partial charge in [-0.1, -0.05) is 299 Å². The van der Waals surface area contributed by atoms with E-state index in [0.717, 1.165) is 114 Å². The standard InChI is InChI=1S/C71H138O17P2/c1-9-64(8)50-42-34-25-19-14-16-22-28-38-46-54-71(76)87-66(57-81-68(73)51-43-35-26-20-15-13-18-24-32-40-48-62(4)5)59-85-89(77,78)83-55-65(72)56-84-90(79,80)86-60-67(58-82-69(74)52-44-36-30-29-33-41-49-63(6)7)88-70(75)53-45-37-27-21-12-10-11-17-23-31-39-47-61(2)3/h61-67,72H,9-60H2,1-8H3,(H,77,78)(H,79,80)/t64?,65-,66-,67-/m1/s1. The predicted octanol–water partition coefficient (Wildman–Crippen LogP) is 20.1. The molecular weight excluding hydrogens is 1190 g/mol. The largest absolute Gasteiger partial charge is 0.472 e. The van der Waals surface area contributed by atoms with E-state index in [-0.39, 0.29) is 25.7 Å². The third-order valence-electron chi connectivity index (χ3n) is 16.7. The van der Waals surface area contributed by atoms with Crippen LogP contribution in [0.25, 0.3) is 0 Å². The van der Waals surface area contributed by atoms with Crippen molar-refractivity contribution in [1.29, 1.82) is 0 Å². The number of carbonyl (C=O) groups is 4. The van der Waals surface area contributed by atoms with Crippen LogP contribution >= 0.6 is 15.6 Å². The fourth-order valence-corrected chi connectivity index (χ4v) is 12.2. The Kier molecular flexibility index (Phi) is 59.4. The van der Waals surface area contributed by atoms with Crippen molar-refractivity contribution in [3.8, 4) is 0 Å². The van der Waals surface area contributed by atoms with Crippen LogP contribution in [0.4, 0.5) is 0 Å². The molecule has 6 atom stereocenters. The predicted molar refractivity (Wildman–Crippen MR) is 363 cm³/mol. The van der Waals surface area contributed by atoms with Gasteiger partial charge in [0.05, 0.1) is 26.4 Å². The van der Waals surface area contributed by atoms with Gasteiger partial charge in [-0.05, 0) is 49.4 Å². The van der Waals surface area contributed by atoms with Gasteiger partial charge in [-0.15, -0.1) is 0 Å².